The molecule has 0 fully saturated rings. The van der Waals surface area contributed by atoms with Crippen molar-refractivity contribution >= 4 is 0 Å². The predicted molar refractivity (Wildman–Crippen MR) is 64.3 cm³/mol. The second-order valence-electron chi connectivity index (χ2n) is 4.59. The van der Waals surface area contributed by atoms with Gasteiger partial charge < -0.3 is 0 Å². The minimum absolute atomic E-state index is 0.450. The molecule has 0 spiro atoms. The highest BCUT2D eigenvalue weighted by atomic mass is 14.4. The van der Waals surface area contributed by atoms with Crippen molar-refractivity contribution in [1.82, 2.24) is 0 Å². The Labute approximate surface area is 89.1 Å². The van der Waals surface area contributed by atoms with Crippen molar-refractivity contribution in [3.63, 3.8) is 0 Å². The van der Waals surface area contributed by atoms with E-state index in [9.17, 15) is 0 Å². The molecule has 0 nitrogen and oxygen atoms in total. The second-order valence-corrected chi connectivity index (χ2v) is 4.59. The van der Waals surface area contributed by atoms with Crippen LogP contribution in [-0.2, 0) is 0 Å². The maximum atomic E-state index is 2.37. The maximum Gasteiger partial charge on any atom is -0.00452 e. The van der Waals surface area contributed by atoms with Gasteiger partial charge in [-0.2, -0.15) is 0 Å². The fourth-order valence-corrected chi connectivity index (χ4v) is 2.68. The Morgan fingerprint density at radius 3 is 1.93 bits per heavy atom. The molecule has 0 aromatic carbocycles. The highest BCUT2D eigenvalue weighted by Crippen LogP contribution is 2.44. The SMILES string of the molecule is CCC(CC)(CC)C1=C(C)C(C)C=C1. The van der Waals surface area contributed by atoms with Gasteiger partial charge >= 0.3 is 0 Å². The molecule has 0 aromatic rings. The zero-order valence-corrected chi connectivity index (χ0v) is 10.4. The van der Waals surface area contributed by atoms with Gasteiger partial charge in [0, 0.05) is 0 Å². The first kappa shape index (κ1) is 11.6. The van der Waals surface area contributed by atoms with E-state index in [0.717, 1.165) is 0 Å². The lowest BCUT2D eigenvalue weighted by molar-refractivity contribution is 0.319. The van der Waals surface area contributed by atoms with Crippen LogP contribution in [0.25, 0.3) is 0 Å². The molecule has 0 saturated heterocycles. The average Bonchev–Trinajstić information content (AvgIpc) is 2.54. The van der Waals surface area contributed by atoms with E-state index in [-0.39, 0.29) is 0 Å². The summed E-state index contributed by atoms with van der Waals surface area (Å²) in [6, 6.07) is 0. The van der Waals surface area contributed by atoms with Crippen molar-refractivity contribution in [2.75, 3.05) is 0 Å². The largest absolute Gasteiger partial charge is 0.0773 e. The Morgan fingerprint density at radius 2 is 1.64 bits per heavy atom. The fourth-order valence-electron chi connectivity index (χ4n) is 2.68. The van der Waals surface area contributed by atoms with E-state index in [1.54, 1.807) is 11.1 Å². The van der Waals surface area contributed by atoms with Crippen LogP contribution in [0.1, 0.15) is 53.9 Å². The Balaban J connectivity index is 3.07. The Morgan fingerprint density at radius 1 is 1.14 bits per heavy atom. The van der Waals surface area contributed by atoms with Crippen molar-refractivity contribution in [3.8, 4) is 0 Å². The van der Waals surface area contributed by atoms with Gasteiger partial charge in [-0.1, -0.05) is 45.4 Å². The summed E-state index contributed by atoms with van der Waals surface area (Å²) in [6.45, 7) is 11.6. The standard InChI is InChI=1S/C14H24/c1-6-14(7-2,8-3)13-10-9-11(4)12(13)5/h9-11H,6-8H2,1-5H3. The monoisotopic (exact) mass is 192 g/mol. The number of allylic oxidation sites excluding steroid dienone is 4. The number of hydrogen-bond acceptors (Lipinski definition) is 0. The van der Waals surface area contributed by atoms with Gasteiger partial charge in [-0.25, -0.2) is 0 Å². The van der Waals surface area contributed by atoms with Crippen LogP contribution in [0.15, 0.2) is 23.3 Å². The molecule has 1 aliphatic rings. The molecule has 0 heterocycles. The van der Waals surface area contributed by atoms with Crippen LogP contribution in [0.4, 0.5) is 0 Å². The molecule has 0 radical (unpaired) electrons. The van der Waals surface area contributed by atoms with Crippen molar-refractivity contribution in [2.45, 2.75) is 53.9 Å². The highest BCUT2D eigenvalue weighted by Gasteiger charge is 2.31. The lowest BCUT2D eigenvalue weighted by atomic mass is 9.72. The molecule has 0 saturated carbocycles. The number of rotatable bonds is 4. The van der Waals surface area contributed by atoms with Crippen LogP contribution in [0.3, 0.4) is 0 Å². The van der Waals surface area contributed by atoms with Crippen molar-refractivity contribution in [1.29, 1.82) is 0 Å². The fraction of sp³-hybridized carbons (Fsp3) is 0.714. The van der Waals surface area contributed by atoms with Crippen LogP contribution in [0, 0.1) is 11.3 Å². The molecular weight excluding hydrogens is 168 g/mol. The smallest absolute Gasteiger partial charge is 0.00452 e. The minimum atomic E-state index is 0.450. The number of hydrogen-bond donors (Lipinski definition) is 0. The molecule has 1 aliphatic carbocycles. The van der Waals surface area contributed by atoms with Gasteiger partial charge in [0.1, 0.15) is 0 Å². The Hall–Kier alpha value is -0.520. The molecule has 14 heavy (non-hydrogen) atoms. The Kier molecular flexibility index (Phi) is 3.58. The van der Waals surface area contributed by atoms with E-state index in [0.29, 0.717) is 11.3 Å². The molecule has 1 unspecified atom stereocenters. The van der Waals surface area contributed by atoms with Crippen LogP contribution in [0.2, 0.25) is 0 Å². The summed E-state index contributed by atoms with van der Waals surface area (Å²) < 4.78 is 0. The molecule has 80 valence electrons. The molecular formula is C14H24. The Bertz CT molecular complexity index is 243. The molecule has 0 bridgehead atoms. The lowest BCUT2D eigenvalue weighted by Crippen LogP contribution is -2.20. The van der Waals surface area contributed by atoms with Crippen LogP contribution in [0.5, 0.6) is 0 Å². The zero-order valence-electron chi connectivity index (χ0n) is 10.4. The van der Waals surface area contributed by atoms with E-state index in [1.807, 2.05) is 0 Å². The van der Waals surface area contributed by atoms with Crippen LogP contribution in [-0.4, -0.2) is 0 Å². The molecule has 0 aliphatic heterocycles. The van der Waals surface area contributed by atoms with E-state index in [2.05, 4.69) is 46.8 Å². The topological polar surface area (TPSA) is 0 Å². The maximum absolute atomic E-state index is 2.37. The van der Waals surface area contributed by atoms with E-state index in [1.165, 1.54) is 19.3 Å². The molecule has 1 rings (SSSR count). The van der Waals surface area contributed by atoms with Gasteiger partial charge in [-0.15, -0.1) is 0 Å². The highest BCUT2D eigenvalue weighted by molar-refractivity contribution is 5.39. The summed E-state index contributed by atoms with van der Waals surface area (Å²) in [4.78, 5) is 0. The zero-order chi connectivity index (χ0) is 10.8. The van der Waals surface area contributed by atoms with E-state index >= 15 is 0 Å². The van der Waals surface area contributed by atoms with Gasteiger partial charge in [0.15, 0.2) is 0 Å². The normalized spacial score (nSPS) is 22.2. The van der Waals surface area contributed by atoms with Crippen molar-refractivity contribution in [3.05, 3.63) is 23.3 Å². The quantitative estimate of drug-likeness (QED) is 0.604. The summed E-state index contributed by atoms with van der Waals surface area (Å²) in [5, 5.41) is 0. The molecule has 0 N–H and O–H groups in total. The van der Waals surface area contributed by atoms with Crippen molar-refractivity contribution < 1.29 is 0 Å². The lowest BCUT2D eigenvalue weighted by Gasteiger charge is -2.32. The molecule has 0 heteroatoms. The van der Waals surface area contributed by atoms with Gasteiger partial charge in [-0.05, 0) is 43.1 Å². The van der Waals surface area contributed by atoms with Crippen molar-refractivity contribution in [2.24, 2.45) is 11.3 Å². The van der Waals surface area contributed by atoms with Crippen LogP contribution >= 0.6 is 0 Å². The first-order chi connectivity index (χ1) is 6.61. The summed E-state index contributed by atoms with van der Waals surface area (Å²) in [5.41, 5.74) is 3.67. The third-order valence-corrected chi connectivity index (χ3v) is 4.26. The first-order valence-corrected chi connectivity index (χ1v) is 6.00. The van der Waals surface area contributed by atoms with Gasteiger partial charge in [0.05, 0.1) is 0 Å². The van der Waals surface area contributed by atoms with E-state index < -0.39 is 0 Å². The summed E-state index contributed by atoms with van der Waals surface area (Å²) >= 11 is 0. The first-order valence-electron chi connectivity index (χ1n) is 6.00. The van der Waals surface area contributed by atoms with Gasteiger partial charge in [0.2, 0.25) is 0 Å². The minimum Gasteiger partial charge on any atom is -0.0773 e. The third kappa shape index (κ3) is 1.67. The second kappa shape index (κ2) is 4.33. The van der Waals surface area contributed by atoms with Crippen LogP contribution < -0.4 is 0 Å². The average molecular weight is 192 g/mol. The van der Waals surface area contributed by atoms with E-state index in [4.69, 9.17) is 0 Å². The summed E-state index contributed by atoms with van der Waals surface area (Å²) in [6.07, 6.45) is 8.52. The van der Waals surface area contributed by atoms with Gasteiger partial charge in [-0.3, -0.25) is 0 Å². The molecule has 0 amide bonds. The van der Waals surface area contributed by atoms with Gasteiger partial charge in [0.25, 0.3) is 0 Å². The third-order valence-electron chi connectivity index (χ3n) is 4.26. The summed E-state index contributed by atoms with van der Waals surface area (Å²) in [5.74, 6) is 0.661. The summed E-state index contributed by atoms with van der Waals surface area (Å²) in [7, 11) is 0. The predicted octanol–water partition coefficient (Wildman–Crippen LogP) is 4.73. The molecule has 0 aromatic heterocycles. The molecule has 1 atom stereocenters.